The van der Waals surface area contributed by atoms with Gasteiger partial charge in [0.05, 0.1) is 16.8 Å². The molecule has 7 nitrogen and oxygen atoms in total. The van der Waals surface area contributed by atoms with Crippen LogP contribution in [0.15, 0.2) is 47.4 Å². The fourth-order valence-electron chi connectivity index (χ4n) is 4.01. The molecule has 1 aromatic carbocycles. The lowest BCUT2D eigenvalue weighted by molar-refractivity contribution is -0.274. The van der Waals surface area contributed by atoms with Crippen LogP contribution in [0, 0.1) is 13.8 Å². The van der Waals surface area contributed by atoms with Crippen molar-refractivity contribution in [3.63, 3.8) is 0 Å². The number of amides is 1. The van der Waals surface area contributed by atoms with Crippen LogP contribution >= 0.6 is 11.6 Å². The van der Waals surface area contributed by atoms with Gasteiger partial charge in [0.1, 0.15) is 24.2 Å². The second-order valence-corrected chi connectivity index (χ2v) is 8.32. The van der Waals surface area contributed by atoms with E-state index >= 15 is 0 Å². The Balaban J connectivity index is 1.89. The van der Waals surface area contributed by atoms with Gasteiger partial charge in [-0.25, -0.2) is 4.98 Å². The van der Waals surface area contributed by atoms with E-state index in [4.69, 9.17) is 11.6 Å². The number of alkyl halides is 7. The van der Waals surface area contributed by atoms with E-state index in [1.807, 2.05) is 0 Å². The lowest BCUT2D eigenvalue weighted by Crippen LogP contribution is -2.46. The number of fused-ring (bicyclic) bond motifs is 1. The predicted octanol–water partition coefficient (Wildman–Crippen LogP) is 5.73. The van der Waals surface area contributed by atoms with E-state index in [0.29, 0.717) is 12.3 Å². The molecule has 1 aliphatic rings. The van der Waals surface area contributed by atoms with Crippen LogP contribution in [0.3, 0.4) is 0 Å². The molecule has 3 heterocycles. The number of benzene rings is 1. The van der Waals surface area contributed by atoms with Crippen LogP contribution in [-0.4, -0.2) is 28.5 Å². The lowest BCUT2D eigenvalue weighted by atomic mass is 10.1. The molecule has 4 rings (SSSR count). The highest BCUT2D eigenvalue weighted by molar-refractivity contribution is 6.15. The Labute approximate surface area is 210 Å². The molecule has 0 radical (unpaired) electrons. The fourth-order valence-corrected chi connectivity index (χ4v) is 4.30. The maximum atomic E-state index is 13.4. The third-order valence-electron chi connectivity index (χ3n) is 5.74. The van der Waals surface area contributed by atoms with Gasteiger partial charge in [-0.05, 0) is 49.7 Å². The van der Waals surface area contributed by atoms with Gasteiger partial charge in [-0.2, -0.15) is 13.2 Å². The predicted molar refractivity (Wildman–Crippen MR) is 122 cm³/mol. The first-order valence-electron chi connectivity index (χ1n) is 10.5. The Bertz CT molecular complexity index is 1440. The Morgan fingerprint density at radius 3 is 2.24 bits per heavy atom. The van der Waals surface area contributed by atoms with E-state index in [9.17, 15) is 35.9 Å². The summed E-state index contributed by atoms with van der Waals surface area (Å²) in [4.78, 5) is 32.0. The summed E-state index contributed by atoms with van der Waals surface area (Å²) in [5.41, 5.74) is -0.975. The van der Waals surface area contributed by atoms with E-state index in [0.717, 1.165) is 23.1 Å². The minimum Gasteiger partial charge on any atom is -0.406 e. The van der Waals surface area contributed by atoms with Crippen LogP contribution in [0.5, 0.6) is 5.75 Å². The summed E-state index contributed by atoms with van der Waals surface area (Å²) in [7, 11) is 0. The molecule has 0 bridgehead atoms. The van der Waals surface area contributed by atoms with Gasteiger partial charge in [-0.3, -0.25) is 19.1 Å². The van der Waals surface area contributed by atoms with Gasteiger partial charge in [-0.15, -0.1) is 24.8 Å². The van der Waals surface area contributed by atoms with Crippen molar-refractivity contribution in [1.29, 1.82) is 0 Å². The number of hydrogen-bond acceptors (Lipinski definition) is 5. The maximum Gasteiger partial charge on any atom is 0.573 e. The molecule has 0 atom stereocenters. The Hall–Kier alpha value is -3.74. The third-order valence-corrected chi connectivity index (χ3v) is 5.98. The number of aromatic nitrogens is 2. The summed E-state index contributed by atoms with van der Waals surface area (Å²) in [6.45, 7) is 2.72. The average Bonchev–Trinajstić information content (AvgIpc) is 2.79. The van der Waals surface area contributed by atoms with Crippen LogP contribution in [-0.2, 0) is 12.2 Å². The van der Waals surface area contributed by atoms with Crippen molar-refractivity contribution in [3.8, 4) is 5.75 Å². The molecule has 1 amide bonds. The van der Waals surface area contributed by atoms with E-state index in [-0.39, 0.29) is 46.7 Å². The van der Waals surface area contributed by atoms with Crippen molar-refractivity contribution < 1.29 is 35.9 Å². The Morgan fingerprint density at radius 1 is 0.973 bits per heavy atom. The highest BCUT2D eigenvalue weighted by Gasteiger charge is 2.38. The van der Waals surface area contributed by atoms with E-state index < -0.39 is 35.3 Å². The molecule has 0 fully saturated rings. The molecule has 0 unspecified atom stereocenters. The fraction of sp³-hybridized carbons (Fsp3) is 0.261. The molecule has 3 aromatic rings. The largest absolute Gasteiger partial charge is 0.573 e. The molecule has 0 spiro atoms. The summed E-state index contributed by atoms with van der Waals surface area (Å²) < 4.78 is 83.4. The quantitative estimate of drug-likeness (QED) is 0.309. The van der Waals surface area contributed by atoms with Crippen LogP contribution in [0.4, 0.5) is 43.5 Å². The van der Waals surface area contributed by atoms with Crippen molar-refractivity contribution in [3.05, 3.63) is 75.3 Å². The topological polar surface area (TPSA) is 67.7 Å². The molecule has 0 aliphatic carbocycles. The zero-order valence-electron chi connectivity index (χ0n) is 19.1. The molecule has 0 saturated carbocycles. The molecule has 196 valence electrons. The SMILES string of the molecule is Cc1cc(OC(F)(F)F)ccc1N1CN(c2ccc(=O)n(CCl)c2C)C(=O)c2cc(C(F)(F)F)cnc21. The first-order chi connectivity index (χ1) is 17.2. The highest BCUT2D eigenvalue weighted by atomic mass is 35.5. The van der Waals surface area contributed by atoms with Crippen LogP contribution in [0.1, 0.15) is 27.2 Å². The van der Waals surface area contributed by atoms with E-state index in [2.05, 4.69) is 9.72 Å². The standard InChI is InChI=1S/C23H17ClF6N4O3/c1-12-7-15(37-23(28,29)30)3-4-17(12)33-11-34(18-5-6-19(35)32(10-24)13(18)2)21(36)16-8-14(22(25,26)27)9-31-20(16)33/h3-9H,10-11H2,1-2H3. The van der Waals surface area contributed by atoms with Crippen molar-refractivity contribution in [1.82, 2.24) is 9.55 Å². The van der Waals surface area contributed by atoms with Gasteiger partial charge < -0.3 is 9.64 Å². The maximum absolute atomic E-state index is 13.4. The summed E-state index contributed by atoms with van der Waals surface area (Å²) in [5, 5.41) is 0. The molecule has 14 heteroatoms. The monoisotopic (exact) mass is 546 g/mol. The van der Waals surface area contributed by atoms with Gasteiger partial charge in [0.15, 0.2) is 0 Å². The molecule has 37 heavy (non-hydrogen) atoms. The average molecular weight is 547 g/mol. The zero-order chi connectivity index (χ0) is 27.3. The second kappa shape index (κ2) is 9.29. The number of ether oxygens (including phenoxy) is 1. The number of aryl methyl sites for hydroxylation is 1. The number of halogens is 7. The van der Waals surface area contributed by atoms with Gasteiger partial charge in [0.2, 0.25) is 0 Å². The minimum absolute atomic E-state index is 0.120. The smallest absolute Gasteiger partial charge is 0.406 e. The number of nitrogens with zero attached hydrogens (tertiary/aromatic N) is 4. The zero-order valence-corrected chi connectivity index (χ0v) is 19.9. The first-order valence-corrected chi connectivity index (χ1v) is 11.0. The molecular formula is C23H17ClF6N4O3. The van der Waals surface area contributed by atoms with Gasteiger partial charge in [0.25, 0.3) is 11.5 Å². The highest BCUT2D eigenvalue weighted by Crippen LogP contribution is 2.40. The van der Waals surface area contributed by atoms with Crippen molar-refractivity contribution >= 4 is 34.7 Å². The molecule has 2 aromatic heterocycles. The summed E-state index contributed by atoms with van der Waals surface area (Å²) in [6, 6.07) is 6.35. The summed E-state index contributed by atoms with van der Waals surface area (Å²) >= 11 is 5.86. The van der Waals surface area contributed by atoms with Gasteiger partial charge >= 0.3 is 12.5 Å². The minimum atomic E-state index is -4.92. The van der Waals surface area contributed by atoms with Crippen LogP contribution in [0.25, 0.3) is 0 Å². The third kappa shape index (κ3) is 5.08. The second-order valence-electron chi connectivity index (χ2n) is 8.08. The summed E-state index contributed by atoms with van der Waals surface area (Å²) in [6.07, 6.45) is -9.14. The number of carbonyl (C=O) groups is 1. The van der Waals surface area contributed by atoms with Crippen LogP contribution < -0.4 is 20.1 Å². The number of hydrogen-bond donors (Lipinski definition) is 0. The van der Waals surface area contributed by atoms with Crippen LogP contribution in [0.2, 0.25) is 0 Å². The number of carbonyl (C=O) groups excluding carboxylic acids is 1. The van der Waals surface area contributed by atoms with Crippen molar-refractivity contribution in [2.75, 3.05) is 16.5 Å². The lowest BCUT2D eigenvalue weighted by Gasteiger charge is -2.38. The van der Waals surface area contributed by atoms with E-state index in [1.165, 1.54) is 35.4 Å². The number of pyridine rings is 2. The molecule has 0 saturated heterocycles. The van der Waals surface area contributed by atoms with E-state index in [1.54, 1.807) is 0 Å². The van der Waals surface area contributed by atoms with Gasteiger partial charge in [-0.1, -0.05) is 0 Å². The Morgan fingerprint density at radius 2 is 1.65 bits per heavy atom. The summed E-state index contributed by atoms with van der Waals surface area (Å²) in [5.74, 6) is -1.43. The van der Waals surface area contributed by atoms with Crippen molar-refractivity contribution in [2.45, 2.75) is 32.4 Å². The van der Waals surface area contributed by atoms with Gasteiger partial charge in [0, 0.05) is 23.6 Å². The normalized spacial score (nSPS) is 14.1. The van der Waals surface area contributed by atoms with Crippen molar-refractivity contribution in [2.24, 2.45) is 0 Å². The number of rotatable bonds is 4. The first kappa shape index (κ1) is 26.3. The Kier molecular flexibility index (Phi) is 6.61. The molecular weight excluding hydrogens is 530 g/mol. The molecule has 0 N–H and O–H groups in total. The molecule has 1 aliphatic heterocycles. The number of anilines is 3.